The van der Waals surface area contributed by atoms with Crippen LogP contribution < -0.4 is 5.32 Å². The topological polar surface area (TPSA) is 58.3 Å². The number of phenolic OH excluding ortho intramolecular Hbond substituents is 1. The van der Waals surface area contributed by atoms with Crippen LogP contribution in [0.1, 0.15) is 36.4 Å². The van der Waals surface area contributed by atoms with Gasteiger partial charge in [0, 0.05) is 24.2 Å². The van der Waals surface area contributed by atoms with E-state index < -0.39 is 0 Å². The number of hydrogen-bond donors (Lipinski definition) is 2. The molecule has 1 aromatic carbocycles. The summed E-state index contributed by atoms with van der Waals surface area (Å²) in [5.74, 6) is 1.13. The highest BCUT2D eigenvalue weighted by molar-refractivity contribution is 5.34. The van der Waals surface area contributed by atoms with E-state index in [-0.39, 0.29) is 6.04 Å². The zero-order valence-electron chi connectivity index (χ0n) is 10.7. The molecular weight excluding hydrogens is 228 g/mol. The van der Waals surface area contributed by atoms with Gasteiger partial charge in [0.15, 0.2) is 0 Å². The summed E-state index contributed by atoms with van der Waals surface area (Å²) < 4.78 is 5.02. The van der Waals surface area contributed by atoms with E-state index in [1.165, 1.54) is 0 Å². The summed E-state index contributed by atoms with van der Waals surface area (Å²) in [6.07, 6.45) is 0.897. The molecule has 0 radical (unpaired) electrons. The smallest absolute Gasteiger partial charge is 0.133 e. The van der Waals surface area contributed by atoms with Crippen LogP contribution in [0.4, 0.5) is 0 Å². The van der Waals surface area contributed by atoms with Crippen LogP contribution in [0, 0.1) is 6.92 Å². The maximum Gasteiger partial charge on any atom is 0.133 e. The minimum Gasteiger partial charge on any atom is -0.508 e. The summed E-state index contributed by atoms with van der Waals surface area (Å²) >= 11 is 0. The van der Waals surface area contributed by atoms with E-state index in [9.17, 15) is 5.11 Å². The molecule has 1 unspecified atom stereocenters. The van der Waals surface area contributed by atoms with Crippen LogP contribution in [0.15, 0.2) is 34.9 Å². The lowest BCUT2D eigenvalue weighted by Crippen LogP contribution is -2.20. The number of nitrogens with zero attached hydrogens (tertiary/aromatic N) is 1. The molecule has 2 aromatic rings. The van der Waals surface area contributed by atoms with Gasteiger partial charge >= 0.3 is 0 Å². The van der Waals surface area contributed by atoms with E-state index >= 15 is 0 Å². The summed E-state index contributed by atoms with van der Waals surface area (Å²) in [6.45, 7) is 4.58. The Morgan fingerprint density at radius 2 is 2.17 bits per heavy atom. The first kappa shape index (κ1) is 12.6. The molecule has 2 rings (SSSR count). The Morgan fingerprint density at radius 1 is 1.39 bits per heavy atom. The van der Waals surface area contributed by atoms with Crippen molar-refractivity contribution in [3.63, 3.8) is 0 Å². The fraction of sp³-hybridized carbons (Fsp3) is 0.357. The van der Waals surface area contributed by atoms with E-state index in [0.29, 0.717) is 12.3 Å². The van der Waals surface area contributed by atoms with Gasteiger partial charge in [-0.05, 0) is 19.4 Å². The third-order valence-corrected chi connectivity index (χ3v) is 2.93. The van der Waals surface area contributed by atoms with Crippen molar-refractivity contribution < 1.29 is 9.63 Å². The molecule has 0 spiro atoms. The fourth-order valence-corrected chi connectivity index (χ4v) is 1.99. The molecule has 0 aliphatic carbocycles. The zero-order valence-corrected chi connectivity index (χ0v) is 10.7. The summed E-state index contributed by atoms with van der Waals surface area (Å²) in [6, 6.07) is 9.42. The van der Waals surface area contributed by atoms with E-state index in [4.69, 9.17) is 4.52 Å². The quantitative estimate of drug-likeness (QED) is 0.851. The summed E-state index contributed by atoms with van der Waals surface area (Å²) in [5, 5.41) is 17.2. The van der Waals surface area contributed by atoms with Crippen LogP contribution in [-0.2, 0) is 6.54 Å². The number of aromatic nitrogens is 1. The molecule has 0 fully saturated rings. The molecule has 0 saturated heterocycles. The van der Waals surface area contributed by atoms with Gasteiger partial charge in [-0.25, -0.2) is 0 Å². The average molecular weight is 246 g/mol. The third-order valence-electron chi connectivity index (χ3n) is 2.93. The van der Waals surface area contributed by atoms with Crippen LogP contribution in [0.3, 0.4) is 0 Å². The van der Waals surface area contributed by atoms with Gasteiger partial charge in [0.25, 0.3) is 0 Å². The van der Waals surface area contributed by atoms with Crippen molar-refractivity contribution in [2.45, 2.75) is 32.9 Å². The van der Waals surface area contributed by atoms with E-state index in [1.54, 1.807) is 6.07 Å². The number of para-hydroxylation sites is 1. The van der Waals surface area contributed by atoms with E-state index in [0.717, 1.165) is 23.4 Å². The molecule has 4 nitrogen and oxygen atoms in total. The Bertz CT molecular complexity index is 508. The van der Waals surface area contributed by atoms with Gasteiger partial charge < -0.3 is 14.9 Å². The van der Waals surface area contributed by atoms with Gasteiger partial charge in [-0.1, -0.05) is 30.3 Å². The predicted octanol–water partition coefficient (Wildman–Crippen LogP) is 2.93. The minimum atomic E-state index is 0.114. The lowest BCUT2D eigenvalue weighted by atomic mass is 10.0. The molecule has 0 aliphatic rings. The Morgan fingerprint density at radius 3 is 2.78 bits per heavy atom. The molecule has 1 heterocycles. The monoisotopic (exact) mass is 246 g/mol. The van der Waals surface area contributed by atoms with Gasteiger partial charge in [-0.3, -0.25) is 0 Å². The van der Waals surface area contributed by atoms with Crippen molar-refractivity contribution in [1.82, 2.24) is 10.5 Å². The predicted molar refractivity (Wildman–Crippen MR) is 69.2 cm³/mol. The molecule has 0 amide bonds. The maximum atomic E-state index is 9.84. The molecular formula is C14H18N2O2. The highest BCUT2D eigenvalue weighted by Gasteiger charge is 2.13. The van der Waals surface area contributed by atoms with Gasteiger partial charge in [0.1, 0.15) is 11.5 Å². The molecule has 0 bridgehead atoms. The first-order valence-electron chi connectivity index (χ1n) is 6.14. The Hall–Kier alpha value is -1.81. The van der Waals surface area contributed by atoms with Gasteiger partial charge in [-0.15, -0.1) is 0 Å². The standard InChI is InChI=1S/C14H18N2O2/c1-3-13(12-6-4-5-7-14(12)17)15-9-11-8-10(2)18-16-11/h4-8,13,15,17H,3,9H2,1-2H3. The number of aromatic hydroxyl groups is 1. The van der Waals surface area contributed by atoms with Crippen LogP contribution in [0.5, 0.6) is 5.75 Å². The molecule has 18 heavy (non-hydrogen) atoms. The van der Waals surface area contributed by atoms with Gasteiger partial charge in [0.05, 0.1) is 5.69 Å². The van der Waals surface area contributed by atoms with Crippen LogP contribution in [0.2, 0.25) is 0 Å². The first-order chi connectivity index (χ1) is 8.70. The molecule has 0 aliphatic heterocycles. The third kappa shape index (κ3) is 2.90. The number of phenols is 1. The highest BCUT2D eigenvalue weighted by Crippen LogP contribution is 2.25. The normalized spacial score (nSPS) is 12.6. The minimum absolute atomic E-state index is 0.114. The van der Waals surface area contributed by atoms with Crippen LogP contribution in [0.25, 0.3) is 0 Å². The Kier molecular flexibility index (Phi) is 3.99. The number of benzene rings is 1. The number of rotatable bonds is 5. The molecule has 1 aromatic heterocycles. The van der Waals surface area contributed by atoms with Crippen molar-refractivity contribution in [1.29, 1.82) is 0 Å². The van der Waals surface area contributed by atoms with Gasteiger partial charge in [-0.2, -0.15) is 0 Å². The van der Waals surface area contributed by atoms with Crippen molar-refractivity contribution in [3.8, 4) is 5.75 Å². The van der Waals surface area contributed by atoms with Crippen molar-refractivity contribution >= 4 is 0 Å². The lowest BCUT2D eigenvalue weighted by molar-refractivity contribution is 0.383. The second-order valence-corrected chi connectivity index (χ2v) is 4.33. The van der Waals surface area contributed by atoms with Crippen LogP contribution in [-0.4, -0.2) is 10.3 Å². The number of nitrogens with one attached hydrogen (secondary N) is 1. The maximum absolute atomic E-state index is 9.84. The van der Waals surface area contributed by atoms with Crippen molar-refractivity contribution in [2.75, 3.05) is 0 Å². The van der Waals surface area contributed by atoms with E-state index in [2.05, 4.69) is 17.4 Å². The summed E-state index contributed by atoms with van der Waals surface area (Å²) in [5.41, 5.74) is 1.79. The second kappa shape index (κ2) is 5.69. The SMILES string of the molecule is CCC(NCc1cc(C)on1)c1ccccc1O. The molecule has 96 valence electrons. The zero-order chi connectivity index (χ0) is 13.0. The lowest BCUT2D eigenvalue weighted by Gasteiger charge is -2.17. The van der Waals surface area contributed by atoms with Crippen LogP contribution >= 0.6 is 0 Å². The fourth-order valence-electron chi connectivity index (χ4n) is 1.99. The summed E-state index contributed by atoms with van der Waals surface area (Å²) in [4.78, 5) is 0. The van der Waals surface area contributed by atoms with Crippen molar-refractivity contribution in [2.24, 2.45) is 0 Å². The van der Waals surface area contributed by atoms with Crippen molar-refractivity contribution in [3.05, 3.63) is 47.3 Å². The average Bonchev–Trinajstić information content (AvgIpc) is 2.78. The first-order valence-corrected chi connectivity index (χ1v) is 6.14. The highest BCUT2D eigenvalue weighted by atomic mass is 16.5. The Balaban J connectivity index is 2.04. The molecule has 2 N–H and O–H groups in total. The Labute approximate surface area is 107 Å². The molecule has 4 heteroatoms. The molecule has 0 saturated carbocycles. The number of aryl methyl sites for hydroxylation is 1. The second-order valence-electron chi connectivity index (χ2n) is 4.33. The van der Waals surface area contributed by atoms with E-state index in [1.807, 2.05) is 31.2 Å². The molecule has 1 atom stereocenters. The largest absolute Gasteiger partial charge is 0.508 e. The van der Waals surface area contributed by atoms with Gasteiger partial charge in [0.2, 0.25) is 0 Å². The number of hydrogen-bond acceptors (Lipinski definition) is 4. The summed E-state index contributed by atoms with van der Waals surface area (Å²) in [7, 11) is 0.